The molecule has 4 heteroatoms. The molecule has 0 nitrogen and oxygen atoms in total. The van der Waals surface area contributed by atoms with Crippen LogP contribution in [-0.2, 0) is 34.4 Å². The molecule has 0 aromatic heterocycles. The van der Waals surface area contributed by atoms with E-state index >= 15 is 0 Å². The van der Waals surface area contributed by atoms with Crippen LogP contribution in [0.15, 0.2) is 0 Å². The van der Waals surface area contributed by atoms with Gasteiger partial charge in [-0.1, -0.05) is 5.94 Å². The SMILES string of the molecule is BC[SiH3].[Cr].[Fe]. The summed E-state index contributed by atoms with van der Waals surface area (Å²) in [5.74, 6) is 1.39. The third-order valence-corrected chi connectivity index (χ3v) is 0. The molecule has 0 bridgehead atoms. The summed E-state index contributed by atoms with van der Waals surface area (Å²) in [7, 11) is 3.56. The van der Waals surface area contributed by atoms with Crippen molar-refractivity contribution >= 4 is 18.1 Å². The molecule has 32 valence electrons. The van der Waals surface area contributed by atoms with Crippen LogP contribution < -0.4 is 0 Å². The van der Waals surface area contributed by atoms with E-state index in [1.165, 1.54) is 16.2 Å². The van der Waals surface area contributed by atoms with Gasteiger partial charge in [0.05, 0.1) is 7.85 Å². The Morgan fingerprint density at radius 2 is 1.60 bits per heavy atom. The van der Waals surface area contributed by atoms with Crippen LogP contribution in [0.1, 0.15) is 0 Å². The molecular weight excluding hydrogens is 159 g/mol. The average molecular weight is 166 g/mol. The van der Waals surface area contributed by atoms with Crippen molar-refractivity contribution in [3.05, 3.63) is 0 Å². The second kappa shape index (κ2) is 18.4. The zero-order valence-electron chi connectivity index (χ0n) is 3.47. The molecule has 0 N–H and O–H groups in total. The van der Waals surface area contributed by atoms with Gasteiger partial charge in [0.1, 0.15) is 0 Å². The molecule has 0 aromatic rings. The summed E-state index contributed by atoms with van der Waals surface area (Å²) < 4.78 is 0. The minimum Gasteiger partial charge on any atom is -0.0928 e. The normalized spacial score (nSPS) is 4.00. The van der Waals surface area contributed by atoms with Gasteiger partial charge in [-0.2, -0.15) is 0 Å². The topological polar surface area (TPSA) is 0 Å². The fraction of sp³-hybridized carbons (Fsp3) is 1.00. The van der Waals surface area contributed by atoms with Crippen LogP contribution in [-0.4, -0.2) is 18.1 Å². The molecule has 0 atom stereocenters. The van der Waals surface area contributed by atoms with Gasteiger partial charge in [-0.15, -0.1) is 0 Å². The minimum atomic E-state index is 0. The summed E-state index contributed by atoms with van der Waals surface area (Å²) in [5, 5.41) is 0. The van der Waals surface area contributed by atoms with E-state index in [0.29, 0.717) is 0 Å². The molecule has 0 fully saturated rings. The minimum absolute atomic E-state index is 0. The van der Waals surface area contributed by atoms with Crippen molar-refractivity contribution in [3.63, 3.8) is 0 Å². The average Bonchev–Trinajstić information content (AvgIpc) is 0.918. The molecule has 0 saturated heterocycles. The molecule has 0 saturated carbocycles. The summed E-state index contributed by atoms with van der Waals surface area (Å²) in [6.45, 7) is 0. The van der Waals surface area contributed by atoms with Crippen molar-refractivity contribution in [2.45, 2.75) is 5.94 Å². The number of hydrogen-bond donors (Lipinski definition) is 0. The van der Waals surface area contributed by atoms with Crippen molar-refractivity contribution in [1.29, 1.82) is 0 Å². The Balaban J connectivity index is -0.0000000200. The first-order valence-electron chi connectivity index (χ1n) is 1.41. The van der Waals surface area contributed by atoms with Gasteiger partial charge in [0.15, 0.2) is 0 Å². The molecule has 0 spiro atoms. The van der Waals surface area contributed by atoms with Gasteiger partial charge in [0.25, 0.3) is 0 Å². The monoisotopic (exact) mass is 166 g/mol. The molecule has 0 heterocycles. The largest absolute Gasteiger partial charge is 0.0970 e. The van der Waals surface area contributed by atoms with Crippen LogP contribution >= 0.6 is 0 Å². The maximum atomic E-state index is 2.19. The van der Waals surface area contributed by atoms with Crippen LogP contribution in [0.25, 0.3) is 0 Å². The van der Waals surface area contributed by atoms with E-state index in [9.17, 15) is 0 Å². The first kappa shape index (κ1) is 16.2. The molecule has 5 heavy (non-hydrogen) atoms. The predicted octanol–water partition coefficient (Wildman–Crippen LogP) is -1.64. The van der Waals surface area contributed by atoms with Crippen LogP contribution in [0.5, 0.6) is 0 Å². The van der Waals surface area contributed by atoms with E-state index < -0.39 is 0 Å². The van der Waals surface area contributed by atoms with E-state index in [2.05, 4.69) is 7.85 Å². The zero-order valence-corrected chi connectivity index (χ0v) is 7.85. The Labute approximate surface area is 58.5 Å². The van der Waals surface area contributed by atoms with Crippen molar-refractivity contribution in [2.24, 2.45) is 0 Å². The maximum Gasteiger partial charge on any atom is 0.0970 e. The Morgan fingerprint density at radius 1 is 1.60 bits per heavy atom. The Kier molecular flexibility index (Phi) is 59.6. The molecular formula is CH7BCrFeSi. The van der Waals surface area contributed by atoms with Crippen molar-refractivity contribution in [1.82, 2.24) is 0 Å². The second-order valence-corrected chi connectivity index (χ2v) is 2.12. The van der Waals surface area contributed by atoms with E-state index in [1.54, 1.807) is 0 Å². The summed E-state index contributed by atoms with van der Waals surface area (Å²) in [6.07, 6.45) is 0. The van der Waals surface area contributed by atoms with Crippen LogP contribution in [0.2, 0.25) is 5.94 Å². The van der Waals surface area contributed by atoms with E-state index in [1.807, 2.05) is 0 Å². The van der Waals surface area contributed by atoms with Gasteiger partial charge in [0, 0.05) is 34.4 Å². The summed E-state index contributed by atoms with van der Waals surface area (Å²) in [5.41, 5.74) is 0. The fourth-order valence-corrected chi connectivity index (χ4v) is 0. The molecule has 0 aliphatic rings. The number of rotatable bonds is 0. The maximum absolute atomic E-state index is 2.19. The third kappa shape index (κ3) is 33.3. The summed E-state index contributed by atoms with van der Waals surface area (Å²) in [4.78, 5) is 0. The quantitative estimate of drug-likeness (QED) is 0.378. The first-order chi connectivity index (χ1) is 1.41. The van der Waals surface area contributed by atoms with Gasteiger partial charge < -0.3 is 0 Å². The third-order valence-electron chi connectivity index (χ3n) is 0. The van der Waals surface area contributed by atoms with E-state index in [0.717, 1.165) is 0 Å². The molecule has 0 amide bonds. The van der Waals surface area contributed by atoms with Gasteiger partial charge in [-0.25, -0.2) is 0 Å². The van der Waals surface area contributed by atoms with Crippen molar-refractivity contribution in [2.75, 3.05) is 0 Å². The Morgan fingerprint density at radius 3 is 1.60 bits per heavy atom. The van der Waals surface area contributed by atoms with Gasteiger partial charge in [0.2, 0.25) is 0 Å². The summed E-state index contributed by atoms with van der Waals surface area (Å²) >= 11 is 0. The number of hydrogen-bond acceptors (Lipinski definition) is 0. The van der Waals surface area contributed by atoms with Gasteiger partial charge >= 0.3 is 0 Å². The summed E-state index contributed by atoms with van der Waals surface area (Å²) in [6, 6.07) is 0. The first-order valence-corrected chi connectivity index (χ1v) is 2.83. The molecule has 0 unspecified atom stereocenters. The van der Waals surface area contributed by atoms with Crippen LogP contribution in [0, 0.1) is 0 Å². The molecule has 0 aliphatic heterocycles. The molecule has 0 rings (SSSR count). The zero-order chi connectivity index (χ0) is 2.71. The smallest absolute Gasteiger partial charge is 0.0928 e. The molecule has 0 aliphatic carbocycles. The molecule has 0 radical (unpaired) electrons. The predicted molar refractivity (Wildman–Crippen MR) is 23.3 cm³/mol. The van der Waals surface area contributed by atoms with Gasteiger partial charge in [-0.3, -0.25) is 0 Å². The van der Waals surface area contributed by atoms with Crippen molar-refractivity contribution < 1.29 is 34.4 Å². The van der Waals surface area contributed by atoms with E-state index in [4.69, 9.17) is 0 Å². The van der Waals surface area contributed by atoms with Crippen LogP contribution in [0.4, 0.5) is 0 Å². The van der Waals surface area contributed by atoms with Crippen molar-refractivity contribution in [3.8, 4) is 0 Å². The van der Waals surface area contributed by atoms with Crippen LogP contribution in [0.3, 0.4) is 0 Å². The standard InChI is InChI=1S/CH7BSi.Cr.Fe/c2-1-3;;/h1-2H2,3H3;;. The molecule has 0 aromatic carbocycles. The fourth-order valence-electron chi connectivity index (χ4n) is 0. The Bertz CT molecular complexity index is 11.6. The Hall–Kier alpha value is 1.33. The van der Waals surface area contributed by atoms with Gasteiger partial charge in [-0.05, 0) is 10.2 Å². The van der Waals surface area contributed by atoms with E-state index in [-0.39, 0.29) is 34.4 Å². The second-order valence-electron chi connectivity index (χ2n) is 0.707.